The lowest BCUT2D eigenvalue weighted by atomic mass is 9.89. The highest BCUT2D eigenvalue weighted by molar-refractivity contribution is 6.31. The van der Waals surface area contributed by atoms with Crippen molar-refractivity contribution in [1.29, 1.82) is 0 Å². The zero-order valence-electron chi connectivity index (χ0n) is 11.3. The standard InChI is InChI=1S/C16H24ClN/c1-18-16(14-10-6-7-11-15(14)17)12-13-8-4-2-3-5-9-13/h6-7,10-11,13,16,18H,2-5,8-9,12H2,1H3. The van der Waals surface area contributed by atoms with Gasteiger partial charge >= 0.3 is 0 Å². The van der Waals surface area contributed by atoms with E-state index in [0.29, 0.717) is 6.04 Å². The van der Waals surface area contributed by atoms with Gasteiger partial charge in [-0.05, 0) is 31.0 Å². The largest absolute Gasteiger partial charge is 0.313 e. The maximum Gasteiger partial charge on any atom is 0.0453 e. The summed E-state index contributed by atoms with van der Waals surface area (Å²) in [5.41, 5.74) is 1.26. The van der Waals surface area contributed by atoms with Gasteiger partial charge in [-0.1, -0.05) is 68.3 Å². The van der Waals surface area contributed by atoms with Gasteiger partial charge in [-0.2, -0.15) is 0 Å². The van der Waals surface area contributed by atoms with Crippen LogP contribution in [0.4, 0.5) is 0 Å². The molecular weight excluding hydrogens is 242 g/mol. The molecule has 0 aromatic heterocycles. The van der Waals surface area contributed by atoms with Crippen molar-refractivity contribution in [3.05, 3.63) is 34.9 Å². The minimum Gasteiger partial charge on any atom is -0.313 e. The summed E-state index contributed by atoms with van der Waals surface area (Å²) in [4.78, 5) is 0. The average Bonchev–Trinajstić information content (AvgIpc) is 2.65. The Morgan fingerprint density at radius 2 is 1.83 bits per heavy atom. The highest BCUT2D eigenvalue weighted by atomic mass is 35.5. The number of benzene rings is 1. The van der Waals surface area contributed by atoms with Gasteiger partial charge in [0, 0.05) is 11.1 Å². The molecule has 0 aliphatic heterocycles. The first-order valence-electron chi connectivity index (χ1n) is 7.23. The fraction of sp³-hybridized carbons (Fsp3) is 0.625. The van der Waals surface area contributed by atoms with Gasteiger partial charge in [0.15, 0.2) is 0 Å². The quantitative estimate of drug-likeness (QED) is 0.759. The monoisotopic (exact) mass is 265 g/mol. The van der Waals surface area contributed by atoms with E-state index < -0.39 is 0 Å². The third-order valence-corrected chi connectivity index (χ3v) is 4.52. The molecular formula is C16H24ClN. The maximum atomic E-state index is 6.31. The summed E-state index contributed by atoms with van der Waals surface area (Å²) in [6, 6.07) is 8.64. The minimum absolute atomic E-state index is 0.404. The Morgan fingerprint density at radius 3 is 2.44 bits per heavy atom. The Morgan fingerprint density at radius 1 is 1.17 bits per heavy atom. The number of hydrogen-bond acceptors (Lipinski definition) is 1. The number of rotatable bonds is 4. The second-order valence-corrected chi connectivity index (χ2v) is 5.86. The van der Waals surface area contributed by atoms with Gasteiger partial charge in [-0.3, -0.25) is 0 Å². The third kappa shape index (κ3) is 3.73. The number of hydrogen-bond donors (Lipinski definition) is 1. The van der Waals surface area contributed by atoms with Crippen molar-refractivity contribution < 1.29 is 0 Å². The van der Waals surface area contributed by atoms with Crippen LogP contribution in [0.2, 0.25) is 5.02 Å². The molecule has 0 heterocycles. The van der Waals surface area contributed by atoms with E-state index in [2.05, 4.69) is 17.4 Å². The van der Waals surface area contributed by atoms with Crippen LogP contribution in [-0.4, -0.2) is 7.05 Å². The molecule has 0 radical (unpaired) electrons. The molecule has 2 heteroatoms. The summed E-state index contributed by atoms with van der Waals surface area (Å²) in [5, 5.41) is 4.34. The predicted octanol–water partition coefficient (Wildman–Crippen LogP) is 4.96. The fourth-order valence-corrected chi connectivity index (χ4v) is 3.36. The van der Waals surface area contributed by atoms with Crippen molar-refractivity contribution in [2.75, 3.05) is 7.05 Å². The average molecular weight is 266 g/mol. The van der Waals surface area contributed by atoms with Crippen molar-refractivity contribution in [3.63, 3.8) is 0 Å². The summed E-state index contributed by atoms with van der Waals surface area (Å²) >= 11 is 6.31. The Labute approximate surface area is 116 Å². The highest BCUT2D eigenvalue weighted by Gasteiger charge is 2.19. The lowest BCUT2D eigenvalue weighted by molar-refractivity contribution is 0.368. The van der Waals surface area contributed by atoms with E-state index in [1.165, 1.54) is 50.5 Å². The smallest absolute Gasteiger partial charge is 0.0453 e. The molecule has 1 N–H and O–H groups in total. The zero-order chi connectivity index (χ0) is 12.8. The molecule has 2 rings (SSSR count). The van der Waals surface area contributed by atoms with Crippen LogP contribution in [0.25, 0.3) is 0 Å². The van der Waals surface area contributed by atoms with Crippen LogP contribution in [0.5, 0.6) is 0 Å². The fourth-order valence-electron chi connectivity index (χ4n) is 3.09. The summed E-state index contributed by atoms with van der Waals surface area (Å²) in [5.74, 6) is 0.862. The topological polar surface area (TPSA) is 12.0 Å². The van der Waals surface area contributed by atoms with E-state index in [1.54, 1.807) is 0 Å². The van der Waals surface area contributed by atoms with Crippen LogP contribution in [0.15, 0.2) is 24.3 Å². The first-order chi connectivity index (χ1) is 8.81. The first-order valence-corrected chi connectivity index (χ1v) is 7.60. The Hall–Kier alpha value is -0.530. The molecule has 1 aromatic carbocycles. The summed E-state index contributed by atoms with van der Waals surface area (Å²) < 4.78 is 0. The molecule has 1 unspecified atom stereocenters. The molecule has 1 aliphatic rings. The molecule has 1 atom stereocenters. The number of halogens is 1. The second-order valence-electron chi connectivity index (χ2n) is 5.46. The van der Waals surface area contributed by atoms with Gasteiger partial charge in [0.25, 0.3) is 0 Å². The minimum atomic E-state index is 0.404. The molecule has 1 aliphatic carbocycles. The molecule has 1 aromatic rings. The summed E-state index contributed by atoms with van der Waals surface area (Å²) in [6.07, 6.45) is 9.67. The Kier molecular flexibility index (Phi) is 5.52. The summed E-state index contributed by atoms with van der Waals surface area (Å²) in [7, 11) is 2.05. The SMILES string of the molecule is CNC(CC1CCCCCC1)c1ccccc1Cl. The molecule has 18 heavy (non-hydrogen) atoms. The van der Waals surface area contributed by atoms with E-state index in [9.17, 15) is 0 Å². The van der Waals surface area contributed by atoms with Gasteiger partial charge in [0.05, 0.1) is 0 Å². The molecule has 0 amide bonds. The molecule has 0 bridgehead atoms. The molecule has 100 valence electrons. The van der Waals surface area contributed by atoms with Gasteiger partial charge in [-0.25, -0.2) is 0 Å². The lowest BCUT2D eigenvalue weighted by Crippen LogP contribution is -2.20. The first kappa shape index (κ1) is 13.9. The third-order valence-electron chi connectivity index (χ3n) is 4.17. The lowest BCUT2D eigenvalue weighted by Gasteiger charge is -2.23. The van der Waals surface area contributed by atoms with Crippen molar-refractivity contribution in [1.82, 2.24) is 5.32 Å². The second kappa shape index (κ2) is 7.16. The molecule has 1 saturated carbocycles. The molecule has 0 saturated heterocycles. The normalized spacial score (nSPS) is 19.4. The molecule has 1 nitrogen and oxygen atoms in total. The number of nitrogens with one attached hydrogen (secondary N) is 1. The van der Waals surface area contributed by atoms with E-state index in [-0.39, 0.29) is 0 Å². The highest BCUT2D eigenvalue weighted by Crippen LogP contribution is 2.33. The van der Waals surface area contributed by atoms with Crippen molar-refractivity contribution in [2.24, 2.45) is 5.92 Å². The van der Waals surface area contributed by atoms with E-state index in [1.807, 2.05) is 19.2 Å². The molecule has 1 fully saturated rings. The molecule has 0 spiro atoms. The van der Waals surface area contributed by atoms with Crippen LogP contribution in [0, 0.1) is 5.92 Å². The summed E-state index contributed by atoms with van der Waals surface area (Å²) in [6.45, 7) is 0. The van der Waals surface area contributed by atoms with Crippen molar-refractivity contribution >= 4 is 11.6 Å². The van der Waals surface area contributed by atoms with Crippen molar-refractivity contribution in [3.8, 4) is 0 Å². The van der Waals surface area contributed by atoms with E-state index in [0.717, 1.165) is 10.9 Å². The van der Waals surface area contributed by atoms with Crippen LogP contribution in [0.3, 0.4) is 0 Å². The van der Waals surface area contributed by atoms with Gasteiger partial charge in [0.2, 0.25) is 0 Å². The zero-order valence-corrected chi connectivity index (χ0v) is 12.0. The van der Waals surface area contributed by atoms with E-state index in [4.69, 9.17) is 11.6 Å². The van der Waals surface area contributed by atoms with E-state index >= 15 is 0 Å². The predicted molar refractivity (Wildman–Crippen MR) is 79.1 cm³/mol. The van der Waals surface area contributed by atoms with Crippen LogP contribution in [-0.2, 0) is 0 Å². The van der Waals surface area contributed by atoms with Gasteiger partial charge < -0.3 is 5.32 Å². The van der Waals surface area contributed by atoms with Crippen LogP contribution >= 0.6 is 11.6 Å². The van der Waals surface area contributed by atoms with Gasteiger partial charge in [-0.15, -0.1) is 0 Å². The Balaban J connectivity index is 2.02. The van der Waals surface area contributed by atoms with Crippen LogP contribution < -0.4 is 5.32 Å². The van der Waals surface area contributed by atoms with Crippen molar-refractivity contribution in [2.45, 2.75) is 51.0 Å². The maximum absolute atomic E-state index is 6.31. The van der Waals surface area contributed by atoms with Gasteiger partial charge in [0.1, 0.15) is 0 Å². The Bertz CT molecular complexity index is 356. The van der Waals surface area contributed by atoms with Crippen LogP contribution in [0.1, 0.15) is 56.6 Å².